The summed E-state index contributed by atoms with van der Waals surface area (Å²) in [6.07, 6.45) is 1.20. The van der Waals surface area contributed by atoms with Gasteiger partial charge in [0.05, 0.1) is 23.0 Å². The number of rotatable bonds is 3. The van der Waals surface area contributed by atoms with Crippen molar-refractivity contribution in [2.45, 2.75) is 0 Å². The van der Waals surface area contributed by atoms with E-state index in [-0.39, 0.29) is 0 Å². The molecule has 8 heteroatoms. The van der Waals surface area contributed by atoms with Gasteiger partial charge in [0, 0.05) is 9.78 Å². The van der Waals surface area contributed by atoms with Crippen LogP contribution in [0.3, 0.4) is 0 Å². The molecule has 2 aromatic rings. The molecule has 0 saturated carbocycles. The largest absolute Gasteiger partial charge is 0.335 e. The number of nitriles is 1. The Balaban J connectivity index is 1.86. The number of nitrogens with zero attached hydrogens (tertiary/aromatic N) is 3. The van der Waals surface area contributed by atoms with Crippen molar-refractivity contribution in [2.75, 3.05) is 4.90 Å². The number of benzene rings is 2. The van der Waals surface area contributed by atoms with Gasteiger partial charge in [-0.2, -0.15) is 5.26 Å². The molecule has 3 rings (SSSR count). The van der Waals surface area contributed by atoms with Crippen LogP contribution in [-0.4, -0.2) is 24.1 Å². The molecule has 1 heterocycles. The molecule has 0 aromatic heterocycles. The number of nitrogens with one attached hydrogen (secondary N) is 1. The molecule has 2 aromatic carbocycles. The van der Waals surface area contributed by atoms with E-state index in [0.29, 0.717) is 16.9 Å². The molecule has 1 atom stereocenters. The van der Waals surface area contributed by atoms with Gasteiger partial charge in [-0.15, -0.1) is 0 Å². The molecule has 0 spiro atoms. The number of halogens is 1. The van der Waals surface area contributed by atoms with Crippen LogP contribution >= 0.6 is 22.6 Å². The van der Waals surface area contributed by atoms with Crippen molar-refractivity contribution in [1.82, 2.24) is 5.32 Å². The zero-order valence-corrected chi connectivity index (χ0v) is 15.4. The van der Waals surface area contributed by atoms with Crippen LogP contribution in [0.2, 0.25) is 0 Å². The summed E-state index contributed by atoms with van der Waals surface area (Å²) in [4.78, 5) is 41.8. The summed E-state index contributed by atoms with van der Waals surface area (Å²) in [5, 5.41) is 11.0. The molecule has 1 saturated heterocycles. The van der Waals surface area contributed by atoms with Gasteiger partial charge in [0.1, 0.15) is 0 Å². The Kier molecular flexibility index (Phi) is 5.09. The Hall–Kier alpha value is -3.06. The van der Waals surface area contributed by atoms with Gasteiger partial charge in [-0.3, -0.25) is 19.9 Å². The molecule has 1 aliphatic heterocycles. The lowest BCUT2D eigenvalue weighted by molar-refractivity contribution is -0.131. The Labute approximate surface area is 162 Å². The zero-order valence-electron chi connectivity index (χ0n) is 13.2. The van der Waals surface area contributed by atoms with E-state index in [2.05, 4.69) is 32.9 Å². The topological polar surface area (TPSA) is 103 Å². The summed E-state index contributed by atoms with van der Waals surface area (Å²) in [6, 6.07) is 14.3. The molecule has 4 amide bonds. The van der Waals surface area contributed by atoms with Crippen molar-refractivity contribution in [2.24, 2.45) is 10.9 Å². The highest BCUT2D eigenvalue weighted by molar-refractivity contribution is 14.1. The molecule has 0 bridgehead atoms. The third-order valence-electron chi connectivity index (χ3n) is 3.66. The van der Waals surface area contributed by atoms with Crippen molar-refractivity contribution >= 4 is 58.0 Å². The minimum absolute atomic E-state index is 0.372. The first-order chi connectivity index (χ1) is 12.5. The SMILES string of the molecule is N#Cc1ccc(N=C[C@H]2C(=O)NC(=O)N(c3ccc(I)cc3)C2=O)cc1. The number of anilines is 1. The van der Waals surface area contributed by atoms with Gasteiger partial charge in [-0.25, -0.2) is 9.69 Å². The van der Waals surface area contributed by atoms with Crippen molar-refractivity contribution in [3.63, 3.8) is 0 Å². The molecule has 1 N–H and O–H groups in total. The molecule has 7 nitrogen and oxygen atoms in total. The number of aliphatic imine (C=N–C) groups is 1. The van der Waals surface area contributed by atoms with Crippen molar-refractivity contribution in [3.8, 4) is 6.07 Å². The second-order valence-corrected chi connectivity index (χ2v) is 6.60. The number of carbonyl (C=O) groups excluding carboxylic acids is 3. The highest BCUT2D eigenvalue weighted by atomic mass is 127. The molecule has 0 unspecified atom stereocenters. The van der Waals surface area contributed by atoms with Gasteiger partial charge in [0.25, 0.3) is 5.91 Å². The molecule has 1 fully saturated rings. The second-order valence-electron chi connectivity index (χ2n) is 5.36. The number of amides is 4. The lowest BCUT2D eigenvalue weighted by atomic mass is 10.1. The van der Waals surface area contributed by atoms with Crippen LogP contribution in [0.1, 0.15) is 5.56 Å². The smallest absolute Gasteiger partial charge is 0.276 e. The third kappa shape index (κ3) is 3.62. The molecule has 26 heavy (non-hydrogen) atoms. The molecule has 128 valence electrons. The maximum absolute atomic E-state index is 12.7. The number of barbiturate groups is 1. The summed E-state index contributed by atoms with van der Waals surface area (Å²) >= 11 is 2.11. The van der Waals surface area contributed by atoms with Crippen LogP contribution in [0.25, 0.3) is 0 Å². The Morgan fingerprint density at radius 3 is 2.35 bits per heavy atom. The predicted octanol–water partition coefficient (Wildman–Crippen LogP) is 2.76. The van der Waals surface area contributed by atoms with Crippen LogP contribution in [0.5, 0.6) is 0 Å². The maximum Gasteiger partial charge on any atom is 0.335 e. The van der Waals surface area contributed by atoms with Gasteiger partial charge >= 0.3 is 6.03 Å². The van der Waals surface area contributed by atoms with Gasteiger partial charge in [-0.1, -0.05) is 0 Å². The van der Waals surface area contributed by atoms with Crippen LogP contribution in [-0.2, 0) is 9.59 Å². The predicted molar refractivity (Wildman–Crippen MR) is 103 cm³/mol. The van der Waals surface area contributed by atoms with Crippen molar-refractivity contribution in [3.05, 3.63) is 57.7 Å². The Bertz CT molecular complexity index is 946. The minimum Gasteiger partial charge on any atom is -0.276 e. The Morgan fingerprint density at radius 2 is 1.73 bits per heavy atom. The average molecular weight is 458 g/mol. The first-order valence-electron chi connectivity index (χ1n) is 7.48. The molecular weight excluding hydrogens is 447 g/mol. The number of carbonyl (C=O) groups is 3. The van der Waals surface area contributed by atoms with E-state index in [4.69, 9.17) is 5.26 Å². The quantitative estimate of drug-likeness (QED) is 0.434. The van der Waals surface area contributed by atoms with Gasteiger partial charge in [0.15, 0.2) is 5.92 Å². The molecule has 1 aliphatic rings. The summed E-state index contributed by atoms with van der Waals surface area (Å²) in [6.45, 7) is 0. The summed E-state index contributed by atoms with van der Waals surface area (Å²) < 4.78 is 0.950. The van der Waals surface area contributed by atoms with Crippen molar-refractivity contribution in [1.29, 1.82) is 5.26 Å². The lowest BCUT2D eigenvalue weighted by Gasteiger charge is -2.28. The van der Waals surface area contributed by atoms with E-state index in [0.717, 1.165) is 8.47 Å². The fraction of sp³-hybridized carbons (Fsp3) is 0.0556. The third-order valence-corrected chi connectivity index (χ3v) is 4.38. The van der Waals surface area contributed by atoms with E-state index in [9.17, 15) is 14.4 Å². The van der Waals surface area contributed by atoms with Crippen LogP contribution in [0.4, 0.5) is 16.2 Å². The second kappa shape index (κ2) is 7.45. The molecule has 0 aliphatic carbocycles. The summed E-state index contributed by atoms with van der Waals surface area (Å²) in [7, 11) is 0. The van der Waals surface area contributed by atoms with Gasteiger partial charge in [-0.05, 0) is 71.1 Å². The monoisotopic (exact) mass is 458 g/mol. The zero-order chi connectivity index (χ0) is 18.7. The van der Waals surface area contributed by atoms with Gasteiger partial charge in [0.2, 0.25) is 5.91 Å². The normalized spacial score (nSPS) is 17.3. The van der Waals surface area contributed by atoms with E-state index >= 15 is 0 Å². The first kappa shape index (κ1) is 17.8. The van der Waals surface area contributed by atoms with Crippen LogP contribution in [0, 0.1) is 20.8 Å². The van der Waals surface area contributed by atoms with E-state index in [1.54, 1.807) is 48.5 Å². The standard InChI is InChI=1S/C18H11IN4O3/c19-12-3-7-14(8-4-12)23-17(25)15(16(24)22-18(23)26)10-21-13-5-1-11(9-20)2-6-13/h1-8,10,15H,(H,22,24,26)/t15-/m0/s1. The summed E-state index contributed by atoms with van der Waals surface area (Å²) in [5.74, 6) is -2.61. The van der Waals surface area contributed by atoms with E-state index < -0.39 is 23.8 Å². The maximum atomic E-state index is 12.7. The summed E-state index contributed by atoms with van der Waals surface area (Å²) in [5.41, 5.74) is 1.34. The van der Waals surface area contributed by atoms with Crippen LogP contribution < -0.4 is 10.2 Å². The fourth-order valence-corrected chi connectivity index (χ4v) is 2.70. The highest BCUT2D eigenvalue weighted by Gasteiger charge is 2.40. The van der Waals surface area contributed by atoms with E-state index in [1.807, 2.05) is 6.07 Å². The van der Waals surface area contributed by atoms with E-state index in [1.165, 1.54) is 6.21 Å². The number of imide groups is 2. The average Bonchev–Trinajstić information content (AvgIpc) is 2.63. The molecule has 0 radical (unpaired) electrons. The lowest BCUT2D eigenvalue weighted by Crippen LogP contribution is -2.58. The first-order valence-corrected chi connectivity index (χ1v) is 8.56. The van der Waals surface area contributed by atoms with Crippen LogP contribution in [0.15, 0.2) is 53.5 Å². The van der Waals surface area contributed by atoms with Crippen molar-refractivity contribution < 1.29 is 14.4 Å². The number of urea groups is 1. The fourth-order valence-electron chi connectivity index (χ4n) is 2.34. The Morgan fingerprint density at radius 1 is 1.08 bits per heavy atom. The number of hydrogen-bond acceptors (Lipinski definition) is 5. The van der Waals surface area contributed by atoms with Gasteiger partial charge < -0.3 is 0 Å². The molecular formula is C18H11IN4O3. The number of hydrogen-bond donors (Lipinski definition) is 1. The minimum atomic E-state index is -1.22. The highest BCUT2D eigenvalue weighted by Crippen LogP contribution is 2.22.